The van der Waals surface area contributed by atoms with E-state index >= 15 is 0 Å². The van der Waals surface area contributed by atoms with Crippen molar-refractivity contribution in [1.82, 2.24) is 10.3 Å². The van der Waals surface area contributed by atoms with E-state index < -0.39 is 0 Å². The SMILES string of the molecule is CC(NC(=O)CCc1c[nH]c2ccccc12)C1CC2CCC1C2. The molecule has 2 bridgehead atoms. The molecule has 3 heteroatoms. The van der Waals surface area contributed by atoms with Crippen molar-refractivity contribution in [3.63, 3.8) is 0 Å². The van der Waals surface area contributed by atoms with Gasteiger partial charge in [0.2, 0.25) is 5.91 Å². The molecule has 23 heavy (non-hydrogen) atoms. The molecule has 0 spiro atoms. The number of rotatable bonds is 5. The highest BCUT2D eigenvalue weighted by molar-refractivity contribution is 5.84. The zero-order chi connectivity index (χ0) is 15.8. The maximum atomic E-state index is 12.3. The Kier molecular flexibility index (Phi) is 3.88. The molecule has 2 aromatic rings. The second-order valence-corrected chi connectivity index (χ2v) is 7.55. The zero-order valence-electron chi connectivity index (χ0n) is 13.8. The van der Waals surface area contributed by atoms with Crippen LogP contribution in [0.4, 0.5) is 0 Å². The van der Waals surface area contributed by atoms with E-state index in [1.54, 1.807) is 0 Å². The number of aromatic amines is 1. The summed E-state index contributed by atoms with van der Waals surface area (Å²) in [6.07, 6.45) is 8.95. The monoisotopic (exact) mass is 310 g/mol. The minimum Gasteiger partial charge on any atom is -0.361 e. The number of fused-ring (bicyclic) bond motifs is 3. The third-order valence-corrected chi connectivity index (χ3v) is 6.12. The Morgan fingerprint density at radius 3 is 2.96 bits per heavy atom. The summed E-state index contributed by atoms with van der Waals surface area (Å²) in [5, 5.41) is 4.51. The van der Waals surface area contributed by atoms with Gasteiger partial charge in [0.1, 0.15) is 0 Å². The minimum atomic E-state index is 0.200. The summed E-state index contributed by atoms with van der Waals surface area (Å²) in [5.74, 6) is 2.72. The van der Waals surface area contributed by atoms with Crippen molar-refractivity contribution >= 4 is 16.8 Å². The van der Waals surface area contributed by atoms with Crippen LogP contribution in [-0.2, 0) is 11.2 Å². The Hall–Kier alpha value is -1.77. The molecule has 2 aliphatic rings. The van der Waals surface area contributed by atoms with Crippen molar-refractivity contribution in [1.29, 1.82) is 0 Å². The first-order valence-corrected chi connectivity index (χ1v) is 9.05. The molecule has 4 unspecified atom stereocenters. The Balaban J connectivity index is 1.32. The third-order valence-electron chi connectivity index (χ3n) is 6.12. The highest BCUT2D eigenvalue weighted by Gasteiger charge is 2.42. The van der Waals surface area contributed by atoms with Gasteiger partial charge in [-0.2, -0.15) is 0 Å². The Morgan fingerprint density at radius 2 is 2.17 bits per heavy atom. The lowest BCUT2D eigenvalue weighted by atomic mass is 9.84. The summed E-state index contributed by atoms with van der Waals surface area (Å²) < 4.78 is 0. The molecule has 2 fully saturated rings. The fraction of sp³-hybridized carbons (Fsp3) is 0.550. The van der Waals surface area contributed by atoms with E-state index in [0.29, 0.717) is 18.4 Å². The van der Waals surface area contributed by atoms with Gasteiger partial charge < -0.3 is 10.3 Å². The second-order valence-electron chi connectivity index (χ2n) is 7.55. The highest BCUT2D eigenvalue weighted by atomic mass is 16.1. The first kappa shape index (κ1) is 14.8. The van der Waals surface area contributed by atoms with Gasteiger partial charge in [-0.25, -0.2) is 0 Å². The van der Waals surface area contributed by atoms with Crippen molar-refractivity contribution < 1.29 is 4.79 Å². The molecular weight excluding hydrogens is 284 g/mol. The molecule has 3 nitrogen and oxygen atoms in total. The smallest absolute Gasteiger partial charge is 0.220 e. The van der Waals surface area contributed by atoms with Crippen LogP contribution in [0.3, 0.4) is 0 Å². The molecule has 2 aliphatic carbocycles. The highest BCUT2D eigenvalue weighted by Crippen LogP contribution is 2.49. The summed E-state index contributed by atoms with van der Waals surface area (Å²) in [4.78, 5) is 15.6. The van der Waals surface area contributed by atoms with Crippen LogP contribution in [0.1, 0.15) is 44.6 Å². The van der Waals surface area contributed by atoms with E-state index in [1.165, 1.54) is 36.6 Å². The molecule has 122 valence electrons. The molecule has 1 amide bonds. The van der Waals surface area contributed by atoms with Crippen molar-refractivity contribution in [2.75, 3.05) is 0 Å². The number of nitrogens with one attached hydrogen (secondary N) is 2. The van der Waals surface area contributed by atoms with E-state index in [-0.39, 0.29) is 5.91 Å². The lowest BCUT2D eigenvalue weighted by Gasteiger charge is -2.28. The molecular formula is C20H26N2O. The van der Waals surface area contributed by atoms with E-state index in [4.69, 9.17) is 0 Å². The third kappa shape index (κ3) is 2.89. The molecule has 0 saturated heterocycles. The predicted octanol–water partition coefficient (Wildman–Crippen LogP) is 4.04. The van der Waals surface area contributed by atoms with Gasteiger partial charge in [-0.1, -0.05) is 24.6 Å². The molecule has 0 radical (unpaired) electrons. The molecule has 2 N–H and O–H groups in total. The normalized spacial score (nSPS) is 27.4. The van der Waals surface area contributed by atoms with Crippen LogP contribution in [0.5, 0.6) is 0 Å². The first-order chi connectivity index (χ1) is 11.2. The molecule has 1 heterocycles. The predicted molar refractivity (Wildman–Crippen MR) is 93.2 cm³/mol. The maximum Gasteiger partial charge on any atom is 0.220 e. The minimum absolute atomic E-state index is 0.200. The summed E-state index contributed by atoms with van der Waals surface area (Å²) >= 11 is 0. The standard InChI is InChI=1S/C20H26N2O/c1-13(18-11-14-6-7-15(18)10-14)22-20(23)9-8-16-12-21-19-5-3-2-4-17(16)19/h2-5,12-15,18,21H,6-11H2,1H3,(H,22,23). The van der Waals surface area contributed by atoms with Gasteiger partial charge in [0.25, 0.3) is 0 Å². The van der Waals surface area contributed by atoms with Gasteiger partial charge in [0.05, 0.1) is 0 Å². The van der Waals surface area contributed by atoms with Gasteiger partial charge in [-0.05, 0) is 62.0 Å². The van der Waals surface area contributed by atoms with Crippen molar-refractivity contribution in [3.8, 4) is 0 Å². The molecule has 1 aromatic heterocycles. The van der Waals surface area contributed by atoms with Crippen LogP contribution in [-0.4, -0.2) is 16.9 Å². The number of carbonyl (C=O) groups excluding carboxylic acids is 1. The van der Waals surface area contributed by atoms with Crippen LogP contribution in [0.15, 0.2) is 30.5 Å². The number of para-hydroxylation sites is 1. The molecule has 0 aliphatic heterocycles. The summed E-state index contributed by atoms with van der Waals surface area (Å²) in [7, 11) is 0. The fourth-order valence-corrected chi connectivity index (χ4v) is 4.93. The van der Waals surface area contributed by atoms with Crippen molar-refractivity contribution in [2.45, 2.75) is 51.5 Å². The number of hydrogen-bond acceptors (Lipinski definition) is 1. The summed E-state index contributed by atoms with van der Waals surface area (Å²) in [6.45, 7) is 2.20. The number of carbonyl (C=O) groups is 1. The molecule has 2 saturated carbocycles. The van der Waals surface area contributed by atoms with Crippen LogP contribution >= 0.6 is 0 Å². The topological polar surface area (TPSA) is 44.9 Å². The number of hydrogen-bond donors (Lipinski definition) is 2. The Labute approximate surface area is 137 Å². The molecule has 1 aromatic carbocycles. The van der Waals surface area contributed by atoms with E-state index in [2.05, 4.69) is 35.4 Å². The quantitative estimate of drug-likeness (QED) is 0.860. The van der Waals surface area contributed by atoms with Gasteiger partial charge in [-0.15, -0.1) is 0 Å². The van der Waals surface area contributed by atoms with Crippen molar-refractivity contribution in [2.24, 2.45) is 17.8 Å². The number of aryl methyl sites for hydroxylation is 1. The maximum absolute atomic E-state index is 12.3. The van der Waals surface area contributed by atoms with Gasteiger partial charge in [0.15, 0.2) is 0 Å². The number of H-pyrrole nitrogens is 1. The molecule has 4 rings (SSSR count). The Morgan fingerprint density at radius 1 is 1.30 bits per heavy atom. The fourth-order valence-electron chi connectivity index (χ4n) is 4.93. The average Bonchev–Trinajstić information content (AvgIpc) is 3.28. The lowest BCUT2D eigenvalue weighted by Crippen LogP contribution is -2.40. The van der Waals surface area contributed by atoms with Gasteiger partial charge in [0, 0.05) is 29.6 Å². The largest absolute Gasteiger partial charge is 0.361 e. The van der Waals surface area contributed by atoms with E-state index in [9.17, 15) is 4.79 Å². The van der Waals surface area contributed by atoms with Gasteiger partial charge >= 0.3 is 0 Å². The van der Waals surface area contributed by atoms with Crippen LogP contribution in [0.25, 0.3) is 10.9 Å². The number of aromatic nitrogens is 1. The lowest BCUT2D eigenvalue weighted by molar-refractivity contribution is -0.122. The van der Waals surface area contributed by atoms with Crippen LogP contribution in [0, 0.1) is 17.8 Å². The van der Waals surface area contributed by atoms with Crippen molar-refractivity contribution in [3.05, 3.63) is 36.0 Å². The van der Waals surface area contributed by atoms with Crippen LogP contribution in [0.2, 0.25) is 0 Å². The van der Waals surface area contributed by atoms with Crippen LogP contribution < -0.4 is 5.32 Å². The first-order valence-electron chi connectivity index (χ1n) is 9.05. The summed E-state index contributed by atoms with van der Waals surface area (Å²) in [6, 6.07) is 8.62. The Bertz CT molecular complexity index is 704. The van der Waals surface area contributed by atoms with Gasteiger partial charge in [-0.3, -0.25) is 4.79 Å². The van der Waals surface area contributed by atoms with E-state index in [0.717, 1.165) is 23.8 Å². The average molecular weight is 310 g/mol. The summed E-state index contributed by atoms with van der Waals surface area (Å²) in [5.41, 5.74) is 2.39. The zero-order valence-corrected chi connectivity index (χ0v) is 13.8. The van der Waals surface area contributed by atoms with E-state index in [1.807, 2.05) is 12.3 Å². The number of amides is 1. The number of benzene rings is 1. The second kappa shape index (κ2) is 6.03. The molecule has 4 atom stereocenters.